The number of amides is 1. The molecule has 2 atom stereocenters. The molecule has 0 unspecified atom stereocenters. The quantitative estimate of drug-likeness (QED) is 0.550. The molecule has 2 aliphatic heterocycles. The Hall–Kier alpha value is -2.98. The molecule has 2 aromatic carbocycles. The molecule has 2 saturated heterocycles. The summed E-state index contributed by atoms with van der Waals surface area (Å²) in [5.41, 5.74) is 3.40. The van der Waals surface area contributed by atoms with Gasteiger partial charge in [-0.15, -0.1) is 0 Å². The van der Waals surface area contributed by atoms with Crippen LogP contribution in [0.3, 0.4) is 0 Å². The molecule has 0 N–H and O–H groups in total. The second-order valence-electron chi connectivity index (χ2n) is 10.1. The highest BCUT2D eigenvalue weighted by Gasteiger charge is 2.58. The number of nitrogens with zero attached hydrogens (tertiary/aromatic N) is 3. The van der Waals surface area contributed by atoms with Gasteiger partial charge in [-0.05, 0) is 47.9 Å². The van der Waals surface area contributed by atoms with Crippen molar-refractivity contribution in [3.63, 3.8) is 0 Å². The first-order chi connectivity index (χ1) is 16.2. The number of hydrogen-bond donors (Lipinski definition) is 0. The van der Waals surface area contributed by atoms with Gasteiger partial charge in [-0.3, -0.25) is 14.7 Å². The lowest BCUT2D eigenvalue weighted by Gasteiger charge is -2.31. The van der Waals surface area contributed by atoms with Crippen LogP contribution < -0.4 is 0 Å². The number of likely N-dealkylation sites (tertiary alicyclic amines) is 2. The highest BCUT2D eigenvalue weighted by molar-refractivity contribution is 5.87. The molecule has 1 aliphatic carbocycles. The molecule has 1 saturated carbocycles. The summed E-state index contributed by atoms with van der Waals surface area (Å²) in [6, 6.07) is 25.8. The van der Waals surface area contributed by atoms with E-state index in [0.29, 0.717) is 5.91 Å². The van der Waals surface area contributed by atoms with Gasteiger partial charge in [0.1, 0.15) is 0 Å². The minimum Gasteiger partial charge on any atom is -0.342 e. The molecule has 4 heteroatoms. The summed E-state index contributed by atoms with van der Waals surface area (Å²) in [4.78, 5) is 23.2. The van der Waals surface area contributed by atoms with Crippen LogP contribution in [0.2, 0.25) is 0 Å². The molecule has 3 fully saturated rings. The van der Waals surface area contributed by atoms with Gasteiger partial charge >= 0.3 is 0 Å². The zero-order chi connectivity index (χ0) is 22.3. The van der Waals surface area contributed by atoms with Crippen LogP contribution in [0.5, 0.6) is 0 Å². The normalized spacial score (nSPS) is 25.4. The molecule has 168 valence electrons. The van der Waals surface area contributed by atoms with E-state index >= 15 is 0 Å². The van der Waals surface area contributed by atoms with E-state index in [2.05, 4.69) is 81.5 Å². The van der Waals surface area contributed by atoms with Crippen molar-refractivity contribution < 1.29 is 4.79 Å². The van der Waals surface area contributed by atoms with E-state index in [1.165, 1.54) is 29.5 Å². The Labute approximate surface area is 196 Å². The first kappa shape index (κ1) is 20.6. The van der Waals surface area contributed by atoms with Gasteiger partial charge in [-0.25, -0.2) is 0 Å². The lowest BCUT2D eigenvalue weighted by atomic mass is 9.73. The van der Waals surface area contributed by atoms with E-state index in [-0.39, 0.29) is 17.4 Å². The average molecular weight is 438 g/mol. The minimum atomic E-state index is -0.361. The Bertz CT molecular complexity index is 1060. The first-order valence-corrected chi connectivity index (χ1v) is 12.3. The number of aromatic nitrogens is 1. The van der Waals surface area contributed by atoms with Crippen LogP contribution in [0, 0.1) is 11.3 Å². The van der Waals surface area contributed by atoms with Crippen molar-refractivity contribution in [1.29, 1.82) is 0 Å². The summed E-state index contributed by atoms with van der Waals surface area (Å²) in [7, 11) is 0. The van der Waals surface area contributed by atoms with Crippen LogP contribution in [-0.2, 0) is 4.79 Å². The van der Waals surface area contributed by atoms with Crippen LogP contribution in [0.25, 0.3) is 0 Å². The largest absolute Gasteiger partial charge is 0.342 e. The molecule has 1 aromatic heterocycles. The molecular formula is C29H31N3O. The van der Waals surface area contributed by atoms with Gasteiger partial charge in [0.15, 0.2) is 0 Å². The van der Waals surface area contributed by atoms with E-state index in [9.17, 15) is 4.79 Å². The van der Waals surface area contributed by atoms with Crippen LogP contribution in [-0.4, -0.2) is 46.9 Å². The van der Waals surface area contributed by atoms with Gasteiger partial charge in [-0.2, -0.15) is 0 Å². The van der Waals surface area contributed by atoms with Crippen LogP contribution in [0.4, 0.5) is 0 Å². The van der Waals surface area contributed by atoms with Crippen molar-refractivity contribution in [2.45, 2.75) is 31.2 Å². The van der Waals surface area contributed by atoms with Gasteiger partial charge in [-0.1, -0.05) is 66.7 Å². The number of carbonyl (C=O) groups is 1. The summed E-state index contributed by atoms with van der Waals surface area (Å²) >= 11 is 0. The number of benzene rings is 2. The lowest BCUT2D eigenvalue weighted by Crippen LogP contribution is -2.40. The maximum Gasteiger partial charge on any atom is 0.230 e. The molecule has 1 amide bonds. The van der Waals surface area contributed by atoms with E-state index < -0.39 is 0 Å². The topological polar surface area (TPSA) is 36.4 Å². The fraction of sp³-hybridized carbons (Fsp3) is 0.379. The van der Waals surface area contributed by atoms with E-state index in [4.69, 9.17) is 0 Å². The summed E-state index contributed by atoms with van der Waals surface area (Å²) in [6.45, 7) is 3.49. The fourth-order valence-corrected chi connectivity index (χ4v) is 6.15. The first-order valence-electron chi connectivity index (χ1n) is 12.3. The van der Waals surface area contributed by atoms with Crippen molar-refractivity contribution in [2.75, 3.05) is 26.2 Å². The fourth-order valence-electron chi connectivity index (χ4n) is 6.15. The molecule has 3 aliphatic rings. The van der Waals surface area contributed by atoms with Gasteiger partial charge < -0.3 is 4.90 Å². The van der Waals surface area contributed by atoms with Crippen molar-refractivity contribution in [1.82, 2.24) is 14.8 Å². The van der Waals surface area contributed by atoms with Crippen LogP contribution in [0.1, 0.15) is 47.9 Å². The SMILES string of the molecule is O=C1N(CC2CC2)CC[C@]12CN(C(c1ccccc1)c1ccccc1)C[C@@H]2c1cccnc1. The summed E-state index contributed by atoms with van der Waals surface area (Å²) in [5, 5.41) is 0. The van der Waals surface area contributed by atoms with Gasteiger partial charge in [0.25, 0.3) is 0 Å². The van der Waals surface area contributed by atoms with Crippen molar-refractivity contribution in [3.8, 4) is 0 Å². The van der Waals surface area contributed by atoms with Gasteiger partial charge in [0.2, 0.25) is 5.91 Å². The molecule has 0 radical (unpaired) electrons. The third kappa shape index (κ3) is 3.76. The number of carbonyl (C=O) groups excluding carboxylic acids is 1. The maximum atomic E-state index is 14.0. The molecule has 6 rings (SSSR count). The monoisotopic (exact) mass is 437 g/mol. The van der Waals surface area contributed by atoms with Crippen molar-refractivity contribution in [2.24, 2.45) is 11.3 Å². The number of hydrogen-bond acceptors (Lipinski definition) is 3. The van der Waals surface area contributed by atoms with Crippen LogP contribution >= 0.6 is 0 Å². The van der Waals surface area contributed by atoms with E-state index in [1.807, 2.05) is 18.5 Å². The Balaban J connectivity index is 1.40. The van der Waals surface area contributed by atoms with Crippen LogP contribution in [0.15, 0.2) is 85.2 Å². The second kappa shape index (κ2) is 8.42. The standard InChI is InChI=1S/C29H31N3O/c33-28-29(15-17-31(28)19-22-13-14-22)21-32(20-26(29)25-12-7-16-30-18-25)27(23-8-3-1-4-9-23)24-10-5-2-6-11-24/h1-12,16,18,22,26-27H,13-15,17,19-21H2/t26-,29-/m1/s1. The molecule has 1 spiro atoms. The highest BCUT2D eigenvalue weighted by Crippen LogP contribution is 2.52. The Morgan fingerprint density at radius 3 is 2.24 bits per heavy atom. The molecule has 3 heterocycles. The highest BCUT2D eigenvalue weighted by atomic mass is 16.2. The molecule has 33 heavy (non-hydrogen) atoms. The smallest absolute Gasteiger partial charge is 0.230 e. The van der Waals surface area contributed by atoms with E-state index in [1.54, 1.807) is 0 Å². The Kier molecular flexibility index (Phi) is 5.26. The molecule has 4 nitrogen and oxygen atoms in total. The zero-order valence-corrected chi connectivity index (χ0v) is 19.0. The van der Waals surface area contributed by atoms with Gasteiger partial charge in [0.05, 0.1) is 11.5 Å². The minimum absolute atomic E-state index is 0.135. The maximum absolute atomic E-state index is 14.0. The predicted molar refractivity (Wildman–Crippen MR) is 130 cm³/mol. The molecule has 0 bridgehead atoms. The Morgan fingerprint density at radius 1 is 0.939 bits per heavy atom. The third-order valence-electron chi connectivity index (χ3n) is 7.97. The summed E-state index contributed by atoms with van der Waals surface area (Å²) in [5.74, 6) is 1.25. The van der Waals surface area contributed by atoms with Gasteiger partial charge in [0, 0.05) is 44.5 Å². The number of rotatable bonds is 6. The third-order valence-corrected chi connectivity index (χ3v) is 7.97. The summed E-state index contributed by atoms with van der Waals surface area (Å²) in [6.07, 6.45) is 7.30. The molecular weight excluding hydrogens is 406 g/mol. The average Bonchev–Trinajstić information content (AvgIpc) is 3.54. The van der Waals surface area contributed by atoms with E-state index in [0.717, 1.165) is 38.5 Å². The lowest BCUT2D eigenvalue weighted by molar-refractivity contribution is -0.136. The second-order valence-corrected chi connectivity index (χ2v) is 10.1. The zero-order valence-electron chi connectivity index (χ0n) is 19.0. The van der Waals surface area contributed by atoms with Crippen molar-refractivity contribution in [3.05, 3.63) is 102 Å². The van der Waals surface area contributed by atoms with Crippen molar-refractivity contribution >= 4 is 5.91 Å². The predicted octanol–water partition coefficient (Wildman–Crippen LogP) is 4.90. The number of pyridine rings is 1. The Morgan fingerprint density at radius 2 is 1.64 bits per heavy atom. The summed E-state index contributed by atoms with van der Waals surface area (Å²) < 4.78 is 0. The molecule has 3 aromatic rings.